The SMILES string of the molecule is CCOc1ccc(/C=C(\C#N)C(=O)c2c[nH]c3c(CC)cccc23)cc1OC. The van der Waals surface area contributed by atoms with Gasteiger partial charge in [0.05, 0.1) is 13.7 Å². The summed E-state index contributed by atoms with van der Waals surface area (Å²) in [6, 6.07) is 13.2. The molecule has 0 atom stereocenters. The standard InChI is InChI=1S/C23H22N2O3/c1-4-16-7-6-8-18-19(14-25-22(16)18)23(26)17(13-24)11-15-9-10-20(28-5-2)21(12-15)27-3/h6-12,14,25H,4-5H2,1-3H3/b17-11+. The average molecular weight is 374 g/mol. The van der Waals surface area contributed by atoms with E-state index in [1.807, 2.05) is 31.2 Å². The highest BCUT2D eigenvalue weighted by atomic mass is 16.5. The van der Waals surface area contributed by atoms with Crippen LogP contribution in [0, 0.1) is 11.3 Å². The molecular formula is C23H22N2O3. The largest absolute Gasteiger partial charge is 0.493 e. The van der Waals surface area contributed by atoms with Crippen molar-refractivity contribution in [3.05, 3.63) is 64.9 Å². The number of nitrogens with one attached hydrogen (secondary N) is 1. The van der Waals surface area contributed by atoms with Crippen LogP contribution in [0.15, 0.2) is 48.2 Å². The lowest BCUT2D eigenvalue weighted by Crippen LogP contribution is -2.01. The lowest BCUT2D eigenvalue weighted by molar-refractivity contribution is 0.104. The maximum atomic E-state index is 13.0. The van der Waals surface area contributed by atoms with Crippen molar-refractivity contribution in [2.75, 3.05) is 13.7 Å². The summed E-state index contributed by atoms with van der Waals surface area (Å²) in [4.78, 5) is 16.2. The number of aromatic nitrogens is 1. The highest BCUT2D eigenvalue weighted by Gasteiger charge is 2.18. The minimum Gasteiger partial charge on any atom is -0.493 e. The molecule has 1 aromatic heterocycles. The van der Waals surface area contributed by atoms with Crippen molar-refractivity contribution in [1.29, 1.82) is 5.26 Å². The molecule has 0 radical (unpaired) electrons. The zero-order valence-electron chi connectivity index (χ0n) is 16.2. The van der Waals surface area contributed by atoms with E-state index < -0.39 is 0 Å². The first kappa shape index (κ1) is 19.2. The number of carbonyl (C=O) groups excluding carboxylic acids is 1. The van der Waals surface area contributed by atoms with Gasteiger partial charge in [-0.2, -0.15) is 5.26 Å². The smallest absolute Gasteiger partial charge is 0.205 e. The van der Waals surface area contributed by atoms with E-state index in [2.05, 4.69) is 11.9 Å². The number of para-hydroxylation sites is 1. The Hall–Kier alpha value is -3.52. The van der Waals surface area contributed by atoms with Crippen LogP contribution in [0.4, 0.5) is 0 Å². The Morgan fingerprint density at radius 1 is 1.21 bits per heavy atom. The van der Waals surface area contributed by atoms with E-state index in [9.17, 15) is 10.1 Å². The average Bonchev–Trinajstić information content (AvgIpc) is 3.16. The fraction of sp³-hybridized carbons (Fsp3) is 0.217. The van der Waals surface area contributed by atoms with Gasteiger partial charge in [0.1, 0.15) is 11.6 Å². The third-order valence-corrected chi connectivity index (χ3v) is 4.59. The van der Waals surface area contributed by atoms with Crippen LogP contribution in [0.3, 0.4) is 0 Å². The minimum absolute atomic E-state index is 0.0639. The Morgan fingerprint density at radius 3 is 2.71 bits per heavy atom. The van der Waals surface area contributed by atoms with Gasteiger partial charge in [-0.15, -0.1) is 0 Å². The van der Waals surface area contributed by atoms with E-state index in [0.717, 1.165) is 22.9 Å². The number of Topliss-reactive ketones (excluding diaryl/α,β-unsaturated/α-hetero) is 1. The Labute approximate surface area is 164 Å². The molecule has 0 aliphatic carbocycles. The minimum atomic E-state index is -0.310. The van der Waals surface area contributed by atoms with Crippen molar-refractivity contribution >= 4 is 22.8 Å². The summed E-state index contributed by atoms with van der Waals surface area (Å²) in [6.07, 6.45) is 4.11. The number of ether oxygens (including phenoxy) is 2. The van der Waals surface area contributed by atoms with Crippen molar-refractivity contribution in [3.8, 4) is 17.6 Å². The van der Waals surface area contributed by atoms with E-state index in [1.54, 1.807) is 37.6 Å². The van der Waals surface area contributed by atoms with Gasteiger partial charge in [-0.1, -0.05) is 31.2 Å². The van der Waals surface area contributed by atoms with Crippen LogP contribution in [0.2, 0.25) is 0 Å². The first-order chi connectivity index (χ1) is 13.6. The number of fused-ring (bicyclic) bond motifs is 1. The van der Waals surface area contributed by atoms with E-state index in [0.29, 0.717) is 29.2 Å². The molecular weight excluding hydrogens is 352 g/mol. The van der Waals surface area contributed by atoms with Crippen molar-refractivity contribution in [1.82, 2.24) is 4.98 Å². The zero-order chi connectivity index (χ0) is 20.1. The highest BCUT2D eigenvalue weighted by molar-refractivity contribution is 6.20. The molecule has 0 saturated heterocycles. The number of methoxy groups -OCH3 is 1. The summed E-state index contributed by atoms with van der Waals surface area (Å²) in [6.45, 7) is 4.48. The molecule has 0 amide bonds. The van der Waals surface area contributed by atoms with E-state index in [1.165, 1.54) is 0 Å². The number of hydrogen-bond donors (Lipinski definition) is 1. The van der Waals surface area contributed by atoms with Gasteiger partial charge in [-0.05, 0) is 42.7 Å². The Kier molecular flexibility index (Phi) is 5.81. The number of nitrogens with zero attached hydrogens (tertiary/aromatic N) is 1. The Morgan fingerprint density at radius 2 is 2.04 bits per heavy atom. The first-order valence-corrected chi connectivity index (χ1v) is 9.19. The summed E-state index contributed by atoms with van der Waals surface area (Å²) >= 11 is 0. The van der Waals surface area contributed by atoms with E-state index in [-0.39, 0.29) is 11.4 Å². The van der Waals surface area contributed by atoms with Gasteiger partial charge in [-0.25, -0.2) is 0 Å². The second-order valence-electron chi connectivity index (χ2n) is 6.24. The highest BCUT2D eigenvalue weighted by Crippen LogP contribution is 2.30. The van der Waals surface area contributed by atoms with Crippen LogP contribution in [0.5, 0.6) is 11.5 Å². The van der Waals surface area contributed by atoms with Gasteiger partial charge in [-0.3, -0.25) is 4.79 Å². The van der Waals surface area contributed by atoms with Gasteiger partial charge >= 0.3 is 0 Å². The summed E-state index contributed by atoms with van der Waals surface area (Å²) in [5, 5.41) is 10.4. The van der Waals surface area contributed by atoms with Gasteiger partial charge in [0.25, 0.3) is 0 Å². The third-order valence-electron chi connectivity index (χ3n) is 4.59. The number of rotatable bonds is 7. The van der Waals surface area contributed by atoms with E-state index in [4.69, 9.17) is 9.47 Å². The fourth-order valence-corrected chi connectivity index (χ4v) is 3.21. The maximum Gasteiger partial charge on any atom is 0.205 e. The molecule has 0 spiro atoms. The molecule has 5 nitrogen and oxygen atoms in total. The number of ketones is 1. The fourth-order valence-electron chi connectivity index (χ4n) is 3.21. The number of carbonyl (C=O) groups is 1. The molecule has 28 heavy (non-hydrogen) atoms. The van der Waals surface area contributed by atoms with Gasteiger partial charge in [0, 0.05) is 22.7 Å². The van der Waals surface area contributed by atoms with Crippen LogP contribution in [-0.4, -0.2) is 24.5 Å². The Balaban J connectivity index is 2.00. The van der Waals surface area contributed by atoms with Crippen molar-refractivity contribution in [3.63, 3.8) is 0 Å². The van der Waals surface area contributed by atoms with Gasteiger partial charge in [0.2, 0.25) is 5.78 Å². The normalized spacial score (nSPS) is 11.3. The molecule has 5 heteroatoms. The lowest BCUT2D eigenvalue weighted by atomic mass is 9.99. The molecule has 0 bridgehead atoms. The van der Waals surface area contributed by atoms with Crippen LogP contribution >= 0.6 is 0 Å². The van der Waals surface area contributed by atoms with Crippen LogP contribution < -0.4 is 9.47 Å². The summed E-state index contributed by atoms with van der Waals surface area (Å²) in [5.41, 5.74) is 3.33. The second kappa shape index (κ2) is 8.45. The molecule has 0 unspecified atom stereocenters. The maximum absolute atomic E-state index is 13.0. The number of allylic oxidation sites excluding steroid dienone is 1. The lowest BCUT2D eigenvalue weighted by Gasteiger charge is -2.09. The molecule has 3 aromatic rings. The predicted octanol–water partition coefficient (Wildman–Crippen LogP) is 4.93. The molecule has 0 aliphatic rings. The molecule has 142 valence electrons. The topological polar surface area (TPSA) is 75.1 Å². The molecule has 0 fully saturated rings. The quantitative estimate of drug-likeness (QED) is 0.361. The number of aromatic amines is 1. The van der Waals surface area contributed by atoms with Crippen molar-refractivity contribution < 1.29 is 14.3 Å². The number of aryl methyl sites for hydroxylation is 1. The number of nitriles is 1. The number of benzene rings is 2. The molecule has 0 aliphatic heterocycles. The summed E-state index contributed by atoms with van der Waals surface area (Å²) < 4.78 is 10.9. The van der Waals surface area contributed by atoms with Gasteiger partial charge in [0.15, 0.2) is 11.5 Å². The molecule has 0 saturated carbocycles. The summed E-state index contributed by atoms with van der Waals surface area (Å²) in [7, 11) is 1.55. The second-order valence-corrected chi connectivity index (χ2v) is 6.24. The monoisotopic (exact) mass is 374 g/mol. The summed E-state index contributed by atoms with van der Waals surface area (Å²) in [5.74, 6) is 0.866. The first-order valence-electron chi connectivity index (χ1n) is 9.19. The van der Waals surface area contributed by atoms with E-state index >= 15 is 0 Å². The predicted molar refractivity (Wildman–Crippen MR) is 110 cm³/mol. The zero-order valence-corrected chi connectivity index (χ0v) is 16.2. The van der Waals surface area contributed by atoms with Crippen LogP contribution in [0.25, 0.3) is 17.0 Å². The van der Waals surface area contributed by atoms with Crippen molar-refractivity contribution in [2.45, 2.75) is 20.3 Å². The van der Waals surface area contributed by atoms with Gasteiger partial charge < -0.3 is 14.5 Å². The van der Waals surface area contributed by atoms with Crippen LogP contribution in [0.1, 0.15) is 35.3 Å². The third kappa shape index (κ3) is 3.63. The number of H-pyrrole nitrogens is 1. The molecule has 1 heterocycles. The molecule has 2 aromatic carbocycles. The number of hydrogen-bond acceptors (Lipinski definition) is 4. The molecule has 3 rings (SSSR count). The van der Waals surface area contributed by atoms with Crippen LogP contribution in [-0.2, 0) is 6.42 Å². The van der Waals surface area contributed by atoms with Crippen molar-refractivity contribution in [2.24, 2.45) is 0 Å². The molecule has 1 N–H and O–H groups in total. The Bertz CT molecular complexity index is 1090.